The van der Waals surface area contributed by atoms with E-state index in [1.54, 1.807) is 0 Å². The van der Waals surface area contributed by atoms with Gasteiger partial charge in [0.1, 0.15) is 0 Å². The molecule has 6 nitrogen and oxygen atoms in total. The molecule has 0 aliphatic carbocycles. The van der Waals surface area contributed by atoms with Gasteiger partial charge in [-0.15, -0.1) is 0 Å². The van der Waals surface area contributed by atoms with Gasteiger partial charge in [0, 0.05) is 12.8 Å². The van der Waals surface area contributed by atoms with E-state index in [4.69, 9.17) is 4.74 Å². The highest BCUT2D eigenvalue weighted by atomic mass is 16.5. The van der Waals surface area contributed by atoms with Crippen LogP contribution in [0, 0.1) is 0 Å². The molecule has 72 heavy (non-hydrogen) atoms. The molecule has 0 radical (unpaired) electrons. The first-order valence-corrected chi connectivity index (χ1v) is 32.9. The Labute approximate surface area is 450 Å². The molecule has 0 heterocycles. The molecule has 1 amide bonds. The summed E-state index contributed by atoms with van der Waals surface area (Å²) < 4.78 is 5.50. The van der Waals surface area contributed by atoms with Crippen molar-refractivity contribution in [1.82, 2.24) is 5.32 Å². The fraction of sp³-hybridized carbons (Fsp3) is 0.939. The number of ether oxygens (including phenoxy) is 1. The minimum absolute atomic E-state index is 0.0116. The molecular formula is C66H129NO5. The Hall–Kier alpha value is -1.40. The van der Waals surface area contributed by atoms with Crippen molar-refractivity contribution in [3.63, 3.8) is 0 Å². The lowest BCUT2D eigenvalue weighted by molar-refractivity contribution is -0.143. The van der Waals surface area contributed by atoms with Gasteiger partial charge in [-0.3, -0.25) is 9.59 Å². The number of carbonyl (C=O) groups excluding carboxylic acids is 2. The molecular weight excluding hydrogens is 887 g/mol. The predicted octanol–water partition coefficient (Wildman–Crippen LogP) is 20.8. The minimum Gasteiger partial charge on any atom is -0.466 e. The first-order chi connectivity index (χ1) is 35.5. The monoisotopic (exact) mass is 1020 g/mol. The van der Waals surface area contributed by atoms with E-state index in [1.165, 1.54) is 302 Å². The van der Waals surface area contributed by atoms with Crippen molar-refractivity contribution in [2.45, 2.75) is 386 Å². The van der Waals surface area contributed by atoms with E-state index in [1.807, 2.05) is 0 Å². The number of rotatable bonds is 62. The maximum atomic E-state index is 12.5. The molecule has 6 heteroatoms. The van der Waals surface area contributed by atoms with Gasteiger partial charge < -0.3 is 20.3 Å². The molecule has 0 saturated carbocycles. The van der Waals surface area contributed by atoms with Crippen molar-refractivity contribution < 1.29 is 24.5 Å². The van der Waals surface area contributed by atoms with Crippen molar-refractivity contribution >= 4 is 11.9 Å². The summed E-state index contributed by atoms with van der Waals surface area (Å²) in [6.45, 7) is 4.98. The quantitative estimate of drug-likeness (QED) is 0.0320. The van der Waals surface area contributed by atoms with Crippen molar-refractivity contribution in [2.24, 2.45) is 0 Å². The van der Waals surface area contributed by atoms with Gasteiger partial charge in [0.05, 0.1) is 25.4 Å². The van der Waals surface area contributed by atoms with Gasteiger partial charge in [0.25, 0.3) is 0 Å². The topological polar surface area (TPSA) is 95.9 Å². The lowest BCUT2D eigenvalue weighted by Gasteiger charge is -2.22. The average Bonchev–Trinajstić information content (AvgIpc) is 3.38. The van der Waals surface area contributed by atoms with Gasteiger partial charge in [0.2, 0.25) is 5.91 Å². The maximum absolute atomic E-state index is 12.5. The zero-order chi connectivity index (χ0) is 52.2. The molecule has 0 fully saturated rings. The van der Waals surface area contributed by atoms with Gasteiger partial charge in [-0.1, -0.05) is 321 Å². The van der Waals surface area contributed by atoms with Gasteiger partial charge in [-0.05, 0) is 51.4 Å². The van der Waals surface area contributed by atoms with Gasteiger partial charge in [0.15, 0.2) is 0 Å². The third-order valence-electron chi connectivity index (χ3n) is 15.6. The molecule has 0 rings (SSSR count). The van der Waals surface area contributed by atoms with Crippen LogP contribution in [-0.2, 0) is 14.3 Å². The van der Waals surface area contributed by atoms with Crippen LogP contribution in [0.2, 0.25) is 0 Å². The molecule has 0 aliphatic heterocycles. The molecule has 3 N–H and O–H groups in total. The smallest absolute Gasteiger partial charge is 0.305 e. The summed E-state index contributed by atoms with van der Waals surface area (Å²) in [6, 6.07) is -0.547. The van der Waals surface area contributed by atoms with Crippen LogP contribution in [0.4, 0.5) is 0 Å². The SMILES string of the molecule is CCCCCCCCCCCCCCCCCCCCC(=O)OCCCCCCCCCCC/C=C\CCCCCCCCCC(=O)NC(CO)C(O)CCCCCCCCCCCCCCCCCCC. The van der Waals surface area contributed by atoms with Gasteiger partial charge in [-0.25, -0.2) is 0 Å². The summed E-state index contributed by atoms with van der Waals surface area (Å²) in [5, 5.41) is 23.3. The number of aliphatic hydroxyl groups is 2. The molecule has 2 atom stereocenters. The average molecular weight is 1020 g/mol. The number of aliphatic hydroxyl groups excluding tert-OH is 2. The molecule has 0 aliphatic rings. The van der Waals surface area contributed by atoms with Crippen LogP contribution >= 0.6 is 0 Å². The third kappa shape index (κ3) is 57.9. The molecule has 0 aromatic rings. The van der Waals surface area contributed by atoms with Gasteiger partial charge in [-0.2, -0.15) is 0 Å². The first-order valence-electron chi connectivity index (χ1n) is 32.9. The number of nitrogens with one attached hydrogen (secondary N) is 1. The molecule has 0 saturated heterocycles. The Morgan fingerprint density at radius 3 is 0.986 bits per heavy atom. The molecule has 2 unspecified atom stereocenters. The highest BCUT2D eigenvalue weighted by molar-refractivity contribution is 5.76. The second kappa shape index (κ2) is 62.1. The number of amides is 1. The van der Waals surface area contributed by atoms with Crippen LogP contribution in [0.15, 0.2) is 12.2 Å². The van der Waals surface area contributed by atoms with Gasteiger partial charge >= 0.3 is 5.97 Å². The largest absolute Gasteiger partial charge is 0.466 e. The number of hydrogen-bond donors (Lipinski definition) is 3. The summed E-state index contributed by atoms with van der Waals surface area (Å²) in [5.74, 6) is -0.0286. The maximum Gasteiger partial charge on any atom is 0.305 e. The third-order valence-corrected chi connectivity index (χ3v) is 15.6. The molecule has 0 aromatic carbocycles. The normalized spacial score (nSPS) is 12.6. The number of unbranched alkanes of at least 4 members (excludes halogenated alkanes) is 49. The lowest BCUT2D eigenvalue weighted by atomic mass is 10.0. The second-order valence-electron chi connectivity index (χ2n) is 22.8. The van der Waals surface area contributed by atoms with E-state index in [0.717, 1.165) is 38.5 Å². The van der Waals surface area contributed by atoms with Crippen molar-refractivity contribution in [3.05, 3.63) is 12.2 Å². The molecule has 0 spiro atoms. The Kier molecular flexibility index (Phi) is 60.9. The van der Waals surface area contributed by atoms with Crippen LogP contribution in [0.3, 0.4) is 0 Å². The number of allylic oxidation sites excluding steroid dienone is 2. The summed E-state index contributed by atoms with van der Waals surface area (Å²) >= 11 is 0. The Bertz CT molecular complexity index is 1080. The van der Waals surface area contributed by atoms with E-state index < -0.39 is 12.1 Å². The second-order valence-corrected chi connectivity index (χ2v) is 22.8. The number of esters is 1. The van der Waals surface area contributed by atoms with Crippen molar-refractivity contribution in [3.8, 4) is 0 Å². The van der Waals surface area contributed by atoms with E-state index in [2.05, 4.69) is 31.3 Å². The fourth-order valence-electron chi connectivity index (χ4n) is 10.5. The predicted molar refractivity (Wildman–Crippen MR) is 315 cm³/mol. The number of hydrogen-bond acceptors (Lipinski definition) is 5. The standard InChI is InChI=1S/C66H129NO5/c1-3-5-7-9-11-13-15-17-19-21-28-32-36-40-44-48-52-56-60-66(71)72-61-57-53-49-45-41-37-33-29-25-23-22-24-27-31-35-39-43-47-51-55-59-65(70)67-63(62-68)64(69)58-54-50-46-42-38-34-30-26-20-18-16-14-12-10-8-6-4-2/h22,24,63-64,68-69H,3-21,23,25-62H2,1-2H3,(H,67,70)/b24-22-. The van der Waals surface area contributed by atoms with Crippen LogP contribution in [0.5, 0.6) is 0 Å². The van der Waals surface area contributed by atoms with Crippen LogP contribution in [-0.4, -0.2) is 47.4 Å². The molecule has 0 aromatic heterocycles. The highest BCUT2D eigenvalue weighted by Gasteiger charge is 2.20. The van der Waals surface area contributed by atoms with E-state index in [-0.39, 0.29) is 18.5 Å². The Morgan fingerprint density at radius 2 is 0.653 bits per heavy atom. The summed E-state index contributed by atoms with van der Waals surface area (Å²) in [7, 11) is 0. The van der Waals surface area contributed by atoms with Crippen LogP contribution in [0.1, 0.15) is 373 Å². The highest BCUT2D eigenvalue weighted by Crippen LogP contribution is 2.18. The summed E-state index contributed by atoms with van der Waals surface area (Å²) in [5.41, 5.74) is 0. The minimum atomic E-state index is -0.669. The molecule has 0 bridgehead atoms. The summed E-state index contributed by atoms with van der Waals surface area (Å²) in [4.78, 5) is 24.6. The van der Waals surface area contributed by atoms with E-state index >= 15 is 0 Å². The zero-order valence-electron chi connectivity index (χ0n) is 48.9. The van der Waals surface area contributed by atoms with E-state index in [9.17, 15) is 19.8 Å². The fourth-order valence-corrected chi connectivity index (χ4v) is 10.5. The first kappa shape index (κ1) is 70.6. The van der Waals surface area contributed by atoms with Crippen molar-refractivity contribution in [2.75, 3.05) is 13.2 Å². The van der Waals surface area contributed by atoms with E-state index in [0.29, 0.717) is 25.9 Å². The Morgan fingerprint density at radius 1 is 0.375 bits per heavy atom. The summed E-state index contributed by atoms with van der Waals surface area (Å²) in [6.07, 6.45) is 75.2. The Balaban J connectivity index is 3.40. The zero-order valence-corrected chi connectivity index (χ0v) is 48.9. The number of carbonyl (C=O) groups is 2. The lowest BCUT2D eigenvalue weighted by Crippen LogP contribution is -2.45. The van der Waals surface area contributed by atoms with Crippen molar-refractivity contribution in [1.29, 1.82) is 0 Å². The molecule has 428 valence electrons. The van der Waals surface area contributed by atoms with Crippen LogP contribution < -0.4 is 5.32 Å². The van der Waals surface area contributed by atoms with Crippen LogP contribution in [0.25, 0.3) is 0 Å².